The van der Waals surface area contributed by atoms with Crippen LogP contribution in [0.2, 0.25) is 5.02 Å². The first-order valence-electron chi connectivity index (χ1n) is 7.11. The van der Waals surface area contributed by atoms with Crippen LogP contribution in [-0.2, 0) is 6.54 Å². The zero-order chi connectivity index (χ0) is 14.4. The highest BCUT2D eigenvalue weighted by Crippen LogP contribution is 2.27. The Hall–Kier alpha value is -0.730. The molecule has 2 nitrogen and oxygen atoms in total. The van der Waals surface area contributed by atoms with Gasteiger partial charge in [-0.2, -0.15) is 0 Å². The van der Waals surface area contributed by atoms with E-state index in [2.05, 4.69) is 51.0 Å². The minimum atomic E-state index is 0.639. The molecule has 19 heavy (non-hydrogen) atoms. The van der Waals surface area contributed by atoms with Crippen LogP contribution < -0.4 is 10.2 Å². The molecule has 3 heteroatoms. The maximum atomic E-state index is 6.36. The van der Waals surface area contributed by atoms with Crippen molar-refractivity contribution in [3.8, 4) is 0 Å². The van der Waals surface area contributed by atoms with Gasteiger partial charge in [-0.15, -0.1) is 0 Å². The van der Waals surface area contributed by atoms with E-state index in [1.165, 1.54) is 11.3 Å². The molecule has 0 unspecified atom stereocenters. The van der Waals surface area contributed by atoms with Gasteiger partial charge in [0.1, 0.15) is 0 Å². The highest BCUT2D eigenvalue weighted by atomic mass is 35.5. The highest BCUT2D eigenvalue weighted by molar-refractivity contribution is 6.31. The van der Waals surface area contributed by atoms with Gasteiger partial charge >= 0.3 is 0 Å². The third-order valence-electron chi connectivity index (χ3n) is 3.00. The van der Waals surface area contributed by atoms with Crippen LogP contribution in [-0.4, -0.2) is 20.1 Å². The Bertz CT molecular complexity index is 388. The van der Waals surface area contributed by atoms with Crippen LogP contribution in [0, 0.1) is 11.8 Å². The predicted molar refractivity (Wildman–Crippen MR) is 86.1 cm³/mol. The third kappa shape index (κ3) is 5.42. The van der Waals surface area contributed by atoms with Gasteiger partial charge in [-0.3, -0.25) is 0 Å². The summed E-state index contributed by atoms with van der Waals surface area (Å²) in [5, 5.41) is 4.33. The van der Waals surface area contributed by atoms with E-state index in [-0.39, 0.29) is 0 Å². The summed E-state index contributed by atoms with van der Waals surface area (Å²) in [6.45, 7) is 11.8. The molecule has 0 aliphatic heterocycles. The summed E-state index contributed by atoms with van der Waals surface area (Å²) in [6.07, 6.45) is 0. The molecule has 0 saturated heterocycles. The Labute approximate surface area is 123 Å². The highest BCUT2D eigenvalue weighted by Gasteiger charge is 2.11. The largest absolute Gasteiger partial charge is 0.374 e. The molecule has 1 rings (SSSR count). The van der Waals surface area contributed by atoms with Crippen LogP contribution in [0.4, 0.5) is 5.69 Å². The first-order chi connectivity index (χ1) is 8.91. The number of halogens is 1. The summed E-state index contributed by atoms with van der Waals surface area (Å²) in [6, 6.07) is 6.15. The first-order valence-corrected chi connectivity index (χ1v) is 7.48. The maximum Gasteiger partial charge on any atom is 0.0471 e. The van der Waals surface area contributed by atoms with E-state index in [9.17, 15) is 0 Å². The van der Waals surface area contributed by atoms with Crippen molar-refractivity contribution in [1.29, 1.82) is 0 Å². The Kier molecular flexibility index (Phi) is 6.67. The summed E-state index contributed by atoms with van der Waals surface area (Å²) < 4.78 is 0. The van der Waals surface area contributed by atoms with Gasteiger partial charge in [0.2, 0.25) is 0 Å². The molecule has 0 heterocycles. The monoisotopic (exact) mass is 282 g/mol. The molecule has 0 radical (unpaired) electrons. The average molecular weight is 283 g/mol. The van der Waals surface area contributed by atoms with Gasteiger partial charge in [0.25, 0.3) is 0 Å². The van der Waals surface area contributed by atoms with Gasteiger partial charge in [0, 0.05) is 36.4 Å². The van der Waals surface area contributed by atoms with Gasteiger partial charge < -0.3 is 10.2 Å². The SMILES string of the molecule is CC(C)CNCc1c(Cl)cccc1N(C)CC(C)C. The van der Waals surface area contributed by atoms with Crippen LogP contribution in [0.15, 0.2) is 18.2 Å². The molecule has 0 fully saturated rings. The average Bonchev–Trinajstić information content (AvgIpc) is 2.29. The lowest BCUT2D eigenvalue weighted by molar-refractivity contribution is 0.551. The molecule has 1 aromatic rings. The molecule has 0 saturated carbocycles. The van der Waals surface area contributed by atoms with Crippen molar-refractivity contribution < 1.29 is 0 Å². The number of hydrogen-bond donors (Lipinski definition) is 1. The van der Waals surface area contributed by atoms with Gasteiger partial charge in [-0.1, -0.05) is 45.4 Å². The smallest absolute Gasteiger partial charge is 0.0471 e. The third-order valence-corrected chi connectivity index (χ3v) is 3.35. The molecular formula is C16H27ClN2. The molecule has 0 aromatic heterocycles. The van der Waals surface area contributed by atoms with Gasteiger partial charge in [0.15, 0.2) is 0 Å². The van der Waals surface area contributed by atoms with Gasteiger partial charge in [-0.25, -0.2) is 0 Å². The van der Waals surface area contributed by atoms with E-state index in [0.717, 1.165) is 24.7 Å². The molecular weight excluding hydrogens is 256 g/mol. The summed E-state index contributed by atoms with van der Waals surface area (Å²) >= 11 is 6.36. The van der Waals surface area contributed by atoms with Crippen molar-refractivity contribution in [3.63, 3.8) is 0 Å². The molecule has 1 aromatic carbocycles. The molecule has 108 valence electrons. The molecule has 0 bridgehead atoms. The number of benzene rings is 1. The normalized spacial score (nSPS) is 11.4. The second-order valence-corrected chi connectivity index (χ2v) is 6.44. The lowest BCUT2D eigenvalue weighted by atomic mass is 10.1. The molecule has 0 aliphatic rings. The summed E-state index contributed by atoms with van der Waals surface area (Å²) in [7, 11) is 2.14. The van der Waals surface area contributed by atoms with Crippen molar-refractivity contribution in [2.75, 3.05) is 25.0 Å². The lowest BCUT2D eigenvalue weighted by Gasteiger charge is -2.25. The van der Waals surface area contributed by atoms with E-state index in [1.807, 2.05) is 12.1 Å². The van der Waals surface area contributed by atoms with Crippen LogP contribution in [0.5, 0.6) is 0 Å². The van der Waals surface area contributed by atoms with Crippen molar-refractivity contribution in [2.24, 2.45) is 11.8 Å². The fourth-order valence-corrected chi connectivity index (χ4v) is 2.45. The van der Waals surface area contributed by atoms with E-state index < -0.39 is 0 Å². The van der Waals surface area contributed by atoms with Crippen molar-refractivity contribution in [3.05, 3.63) is 28.8 Å². The van der Waals surface area contributed by atoms with E-state index >= 15 is 0 Å². The quantitative estimate of drug-likeness (QED) is 0.807. The molecule has 1 N–H and O–H groups in total. The summed E-state index contributed by atoms with van der Waals surface area (Å²) in [5.74, 6) is 1.29. The van der Waals surface area contributed by atoms with Crippen LogP contribution in [0.3, 0.4) is 0 Å². The standard InChI is InChI=1S/C16H27ClN2/c1-12(2)9-18-10-14-15(17)7-6-8-16(14)19(5)11-13(3)4/h6-8,12-13,18H,9-11H2,1-5H3. The Balaban J connectivity index is 2.82. The number of nitrogens with one attached hydrogen (secondary N) is 1. The maximum absolute atomic E-state index is 6.36. The van der Waals surface area contributed by atoms with Gasteiger partial charge in [-0.05, 0) is 30.5 Å². The zero-order valence-electron chi connectivity index (χ0n) is 12.8. The van der Waals surface area contributed by atoms with Crippen molar-refractivity contribution in [2.45, 2.75) is 34.2 Å². The number of nitrogens with zero attached hydrogens (tertiary/aromatic N) is 1. The minimum absolute atomic E-state index is 0.639. The predicted octanol–water partition coefficient (Wildman–Crippen LogP) is 4.18. The van der Waals surface area contributed by atoms with E-state index in [4.69, 9.17) is 11.6 Å². The second kappa shape index (κ2) is 7.76. The van der Waals surface area contributed by atoms with E-state index in [1.54, 1.807) is 0 Å². The fraction of sp³-hybridized carbons (Fsp3) is 0.625. The summed E-state index contributed by atoms with van der Waals surface area (Å²) in [4.78, 5) is 2.29. The first kappa shape index (κ1) is 16.3. The van der Waals surface area contributed by atoms with Crippen molar-refractivity contribution in [1.82, 2.24) is 5.32 Å². The number of anilines is 1. The van der Waals surface area contributed by atoms with Crippen molar-refractivity contribution >= 4 is 17.3 Å². The molecule has 0 amide bonds. The molecule has 0 aliphatic carbocycles. The second-order valence-electron chi connectivity index (χ2n) is 6.04. The van der Waals surface area contributed by atoms with Crippen LogP contribution in [0.25, 0.3) is 0 Å². The van der Waals surface area contributed by atoms with Crippen LogP contribution in [0.1, 0.15) is 33.3 Å². The minimum Gasteiger partial charge on any atom is -0.374 e. The summed E-state index contributed by atoms with van der Waals surface area (Å²) in [5.41, 5.74) is 2.44. The lowest BCUT2D eigenvalue weighted by Crippen LogP contribution is -2.26. The van der Waals surface area contributed by atoms with E-state index in [0.29, 0.717) is 11.8 Å². The Morgan fingerprint density at radius 1 is 1.16 bits per heavy atom. The number of hydrogen-bond acceptors (Lipinski definition) is 2. The fourth-order valence-electron chi connectivity index (χ4n) is 2.21. The molecule has 0 spiro atoms. The Morgan fingerprint density at radius 3 is 2.42 bits per heavy atom. The molecule has 0 atom stereocenters. The van der Waals surface area contributed by atoms with Gasteiger partial charge in [0.05, 0.1) is 0 Å². The zero-order valence-corrected chi connectivity index (χ0v) is 13.6. The van der Waals surface area contributed by atoms with Crippen LogP contribution >= 0.6 is 11.6 Å². The topological polar surface area (TPSA) is 15.3 Å². The Morgan fingerprint density at radius 2 is 1.84 bits per heavy atom. The number of rotatable bonds is 7.